The molecule has 0 heterocycles. The third-order valence-electron chi connectivity index (χ3n) is 2.02. The molecular formula is C10H21N. The zero-order valence-corrected chi connectivity index (χ0v) is 8.33. The van der Waals surface area contributed by atoms with Crippen molar-refractivity contribution in [2.45, 2.75) is 47.0 Å². The molecule has 0 aliphatic rings. The van der Waals surface area contributed by atoms with Gasteiger partial charge in [-0.05, 0) is 26.2 Å². The van der Waals surface area contributed by atoms with E-state index in [0.717, 1.165) is 13.0 Å². The molecular weight excluding hydrogens is 134 g/mol. The molecule has 0 atom stereocenters. The van der Waals surface area contributed by atoms with Gasteiger partial charge in [0.2, 0.25) is 0 Å². The summed E-state index contributed by atoms with van der Waals surface area (Å²) >= 11 is 0. The largest absolute Gasteiger partial charge is 0.389 e. The number of hydrogen-bond donors (Lipinski definition) is 1. The SMILES string of the molecule is CCNC(CC)=C(CC)CC. The summed E-state index contributed by atoms with van der Waals surface area (Å²) in [5, 5.41) is 3.41. The zero-order chi connectivity index (χ0) is 8.69. The molecule has 1 nitrogen and oxygen atoms in total. The van der Waals surface area contributed by atoms with Crippen molar-refractivity contribution in [3.63, 3.8) is 0 Å². The second kappa shape index (κ2) is 6.26. The summed E-state index contributed by atoms with van der Waals surface area (Å²) in [5.41, 5.74) is 3.03. The molecule has 0 saturated heterocycles. The van der Waals surface area contributed by atoms with Crippen LogP contribution in [0.3, 0.4) is 0 Å². The summed E-state index contributed by atoms with van der Waals surface area (Å²) in [6, 6.07) is 0. The molecule has 66 valence electrons. The first-order valence-corrected chi connectivity index (χ1v) is 4.74. The fraction of sp³-hybridized carbons (Fsp3) is 0.800. The van der Waals surface area contributed by atoms with Gasteiger partial charge in [-0.3, -0.25) is 0 Å². The number of rotatable bonds is 5. The van der Waals surface area contributed by atoms with E-state index in [2.05, 4.69) is 33.0 Å². The first kappa shape index (κ1) is 10.5. The molecule has 0 rings (SSSR count). The van der Waals surface area contributed by atoms with Gasteiger partial charge in [-0.1, -0.05) is 26.3 Å². The lowest BCUT2D eigenvalue weighted by Crippen LogP contribution is -2.13. The number of hydrogen-bond acceptors (Lipinski definition) is 1. The highest BCUT2D eigenvalue weighted by Crippen LogP contribution is 2.12. The minimum atomic E-state index is 1.05. The Hall–Kier alpha value is -0.460. The van der Waals surface area contributed by atoms with E-state index >= 15 is 0 Å². The van der Waals surface area contributed by atoms with Gasteiger partial charge in [-0.2, -0.15) is 0 Å². The third kappa shape index (κ3) is 3.45. The van der Waals surface area contributed by atoms with Crippen molar-refractivity contribution in [1.29, 1.82) is 0 Å². The summed E-state index contributed by atoms with van der Waals surface area (Å²) in [6.07, 6.45) is 3.52. The van der Waals surface area contributed by atoms with Gasteiger partial charge in [0.1, 0.15) is 0 Å². The molecule has 0 spiro atoms. The van der Waals surface area contributed by atoms with Crippen molar-refractivity contribution in [3.05, 3.63) is 11.3 Å². The lowest BCUT2D eigenvalue weighted by Gasteiger charge is -2.12. The van der Waals surface area contributed by atoms with Crippen LogP contribution < -0.4 is 5.32 Å². The van der Waals surface area contributed by atoms with Crippen LogP contribution in [0.25, 0.3) is 0 Å². The van der Waals surface area contributed by atoms with Crippen LogP contribution in [0, 0.1) is 0 Å². The predicted octanol–water partition coefficient (Wildman–Crippen LogP) is 3.08. The standard InChI is InChI=1S/C10H21N/c1-5-9(6-2)10(7-3)11-8-4/h11H,5-8H2,1-4H3. The van der Waals surface area contributed by atoms with Gasteiger partial charge in [0, 0.05) is 12.2 Å². The van der Waals surface area contributed by atoms with Crippen molar-refractivity contribution in [2.24, 2.45) is 0 Å². The first-order valence-electron chi connectivity index (χ1n) is 4.74. The van der Waals surface area contributed by atoms with E-state index in [0.29, 0.717) is 0 Å². The van der Waals surface area contributed by atoms with E-state index < -0.39 is 0 Å². The molecule has 0 aromatic carbocycles. The summed E-state index contributed by atoms with van der Waals surface area (Å²) in [5.74, 6) is 0. The van der Waals surface area contributed by atoms with Crippen molar-refractivity contribution in [2.75, 3.05) is 6.54 Å². The van der Waals surface area contributed by atoms with E-state index in [-0.39, 0.29) is 0 Å². The van der Waals surface area contributed by atoms with Crippen LogP contribution in [0.15, 0.2) is 11.3 Å². The molecule has 0 aromatic heterocycles. The second-order valence-electron chi connectivity index (χ2n) is 2.67. The van der Waals surface area contributed by atoms with E-state index in [1.54, 1.807) is 5.57 Å². The van der Waals surface area contributed by atoms with E-state index in [4.69, 9.17) is 0 Å². The lowest BCUT2D eigenvalue weighted by atomic mass is 10.1. The summed E-state index contributed by atoms with van der Waals surface area (Å²) in [4.78, 5) is 0. The van der Waals surface area contributed by atoms with Gasteiger partial charge in [0.15, 0.2) is 0 Å². The van der Waals surface area contributed by atoms with Gasteiger partial charge in [0.05, 0.1) is 0 Å². The van der Waals surface area contributed by atoms with Crippen LogP contribution in [-0.2, 0) is 0 Å². The monoisotopic (exact) mass is 155 g/mol. The van der Waals surface area contributed by atoms with Gasteiger partial charge < -0.3 is 5.32 Å². The van der Waals surface area contributed by atoms with Gasteiger partial charge in [-0.25, -0.2) is 0 Å². The topological polar surface area (TPSA) is 12.0 Å². The maximum Gasteiger partial charge on any atom is 0.0115 e. The van der Waals surface area contributed by atoms with E-state index in [9.17, 15) is 0 Å². The molecule has 0 saturated carbocycles. The van der Waals surface area contributed by atoms with Gasteiger partial charge >= 0.3 is 0 Å². The van der Waals surface area contributed by atoms with Crippen molar-refractivity contribution in [3.8, 4) is 0 Å². The summed E-state index contributed by atoms with van der Waals surface area (Å²) in [7, 11) is 0. The minimum Gasteiger partial charge on any atom is -0.389 e. The molecule has 0 radical (unpaired) electrons. The first-order chi connectivity index (χ1) is 5.29. The molecule has 0 aliphatic heterocycles. The van der Waals surface area contributed by atoms with Crippen LogP contribution in [0.2, 0.25) is 0 Å². The normalized spacial score (nSPS) is 9.45. The Morgan fingerprint density at radius 3 is 1.73 bits per heavy atom. The Morgan fingerprint density at radius 2 is 1.45 bits per heavy atom. The van der Waals surface area contributed by atoms with Crippen LogP contribution >= 0.6 is 0 Å². The minimum absolute atomic E-state index is 1.05. The molecule has 0 aliphatic carbocycles. The maximum absolute atomic E-state index is 3.41. The Morgan fingerprint density at radius 1 is 0.909 bits per heavy atom. The van der Waals surface area contributed by atoms with E-state index in [1.165, 1.54) is 18.5 Å². The summed E-state index contributed by atoms with van der Waals surface area (Å²) in [6.45, 7) is 9.87. The van der Waals surface area contributed by atoms with Crippen LogP contribution in [-0.4, -0.2) is 6.54 Å². The summed E-state index contributed by atoms with van der Waals surface area (Å²) < 4.78 is 0. The number of nitrogens with one attached hydrogen (secondary N) is 1. The molecule has 11 heavy (non-hydrogen) atoms. The Balaban J connectivity index is 4.21. The molecule has 1 heteroatoms. The molecule has 0 aromatic rings. The van der Waals surface area contributed by atoms with Crippen molar-refractivity contribution >= 4 is 0 Å². The smallest absolute Gasteiger partial charge is 0.0115 e. The number of allylic oxidation sites excluding steroid dienone is 2. The Labute approximate surface area is 70.9 Å². The molecule has 0 amide bonds. The highest BCUT2D eigenvalue weighted by Gasteiger charge is 1.98. The van der Waals surface area contributed by atoms with E-state index in [1.807, 2.05) is 0 Å². The second-order valence-corrected chi connectivity index (χ2v) is 2.67. The molecule has 1 N–H and O–H groups in total. The maximum atomic E-state index is 3.41. The van der Waals surface area contributed by atoms with Gasteiger partial charge in [-0.15, -0.1) is 0 Å². The van der Waals surface area contributed by atoms with Crippen LogP contribution in [0.5, 0.6) is 0 Å². The molecule has 0 unspecified atom stereocenters. The molecule has 0 fully saturated rings. The van der Waals surface area contributed by atoms with Crippen molar-refractivity contribution in [1.82, 2.24) is 5.32 Å². The predicted molar refractivity (Wildman–Crippen MR) is 51.6 cm³/mol. The van der Waals surface area contributed by atoms with Gasteiger partial charge in [0.25, 0.3) is 0 Å². The Kier molecular flexibility index (Phi) is 6.00. The lowest BCUT2D eigenvalue weighted by molar-refractivity contribution is 0.762. The average Bonchev–Trinajstić information content (AvgIpc) is 2.05. The average molecular weight is 155 g/mol. The Bertz CT molecular complexity index is 119. The molecule has 0 bridgehead atoms. The quantitative estimate of drug-likeness (QED) is 0.643. The highest BCUT2D eigenvalue weighted by molar-refractivity contribution is 5.11. The fourth-order valence-electron chi connectivity index (χ4n) is 1.39. The van der Waals surface area contributed by atoms with Crippen LogP contribution in [0.1, 0.15) is 47.0 Å². The van der Waals surface area contributed by atoms with Crippen LogP contribution in [0.4, 0.5) is 0 Å². The third-order valence-corrected chi connectivity index (χ3v) is 2.02. The fourth-order valence-corrected chi connectivity index (χ4v) is 1.39. The highest BCUT2D eigenvalue weighted by atomic mass is 14.9. The van der Waals surface area contributed by atoms with Crippen molar-refractivity contribution < 1.29 is 0 Å². The zero-order valence-electron chi connectivity index (χ0n) is 8.33.